The third-order valence-corrected chi connectivity index (χ3v) is 14.9. The minimum atomic E-state index is -4.17. The van der Waals surface area contributed by atoms with Gasteiger partial charge in [0.25, 0.3) is 11.1 Å². The number of nitrogens with zero attached hydrogens (tertiary/aromatic N) is 8. The molecule has 0 fully saturated rings. The lowest BCUT2D eigenvalue weighted by Gasteiger charge is -2.22. The van der Waals surface area contributed by atoms with Crippen LogP contribution in [0.4, 0.5) is 0 Å². The number of aromatic nitrogens is 8. The van der Waals surface area contributed by atoms with Crippen LogP contribution in [0.25, 0.3) is 44.8 Å². The van der Waals surface area contributed by atoms with Gasteiger partial charge in [0.15, 0.2) is 11.0 Å². The quantitative estimate of drug-likeness (QED) is 0.0567. The van der Waals surface area contributed by atoms with E-state index in [1.807, 2.05) is 27.7 Å². The van der Waals surface area contributed by atoms with E-state index in [1.165, 1.54) is 59.6 Å². The molecule has 0 unspecified atom stereocenters. The summed E-state index contributed by atoms with van der Waals surface area (Å²) in [5.74, 6) is -0.0874. The molecule has 0 saturated carbocycles. The molecule has 0 saturated heterocycles. The number of hydrogen-bond acceptors (Lipinski definition) is 18. The molecule has 2 aromatic carbocycles. The van der Waals surface area contributed by atoms with Gasteiger partial charge in [-0.1, -0.05) is 40.5 Å². The molecule has 4 N–H and O–H groups in total. The molecule has 0 atom stereocenters. The van der Waals surface area contributed by atoms with Gasteiger partial charge < -0.3 is 39.1 Å². The van der Waals surface area contributed by atoms with Crippen LogP contribution in [-0.2, 0) is 66.0 Å². The molecule has 74 heavy (non-hydrogen) atoms. The maximum absolute atomic E-state index is 13.7. The third-order valence-electron chi connectivity index (χ3n) is 11.1. The Bertz CT molecular complexity index is 3230. The number of rotatable bonds is 26. The lowest BCUT2D eigenvalue weighted by atomic mass is 10.1. The highest BCUT2D eigenvalue weighted by molar-refractivity contribution is 7.89. The summed E-state index contributed by atoms with van der Waals surface area (Å²) in [5, 5.41) is 27.4. The first-order chi connectivity index (χ1) is 35.3. The maximum atomic E-state index is 13.7. The maximum Gasteiger partial charge on any atom is 0.302 e. The fourth-order valence-electron chi connectivity index (χ4n) is 7.75. The highest BCUT2D eigenvalue weighted by Crippen LogP contribution is 2.34. The van der Waals surface area contributed by atoms with E-state index >= 15 is 0 Å². The number of aryl methyl sites for hydroxylation is 4. The fourth-order valence-corrected chi connectivity index (χ4v) is 10.6. The minimum absolute atomic E-state index is 0.0732. The van der Waals surface area contributed by atoms with Crippen molar-refractivity contribution in [3.63, 3.8) is 0 Å². The summed E-state index contributed by atoms with van der Waals surface area (Å²) >= 11 is 0. The molecule has 404 valence electrons. The molecule has 26 heteroatoms. The Labute approximate surface area is 428 Å². The summed E-state index contributed by atoms with van der Waals surface area (Å²) in [5.41, 5.74) is 2.66. The van der Waals surface area contributed by atoms with E-state index in [4.69, 9.17) is 18.9 Å². The van der Waals surface area contributed by atoms with Crippen LogP contribution in [0.15, 0.2) is 55.8 Å². The molecule has 4 heterocycles. The van der Waals surface area contributed by atoms with E-state index < -0.39 is 56.3 Å². The van der Waals surface area contributed by atoms with Crippen LogP contribution >= 0.6 is 0 Å². The number of ether oxygens (including phenoxy) is 4. The smallest absolute Gasteiger partial charge is 0.302 e. The van der Waals surface area contributed by atoms with Crippen LogP contribution < -0.4 is 20.6 Å². The zero-order valence-electron chi connectivity index (χ0n) is 43.0. The van der Waals surface area contributed by atoms with Crippen molar-refractivity contribution in [2.75, 3.05) is 65.8 Å². The second-order valence-corrected chi connectivity index (χ2v) is 20.7. The van der Waals surface area contributed by atoms with Gasteiger partial charge in [0.2, 0.25) is 20.0 Å². The van der Waals surface area contributed by atoms with Crippen molar-refractivity contribution in [3.05, 3.63) is 68.5 Å². The van der Waals surface area contributed by atoms with Crippen LogP contribution in [0.3, 0.4) is 0 Å². The van der Waals surface area contributed by atoms with Gasteiger partial charge in [0.1, 0.15) is 47.4 Å². The van der Waals surface area contributed by atoms with Crippen molar-refractivity contribution >= 4 is 54.1 Å². The molecule has 0 radical (unpaired) electrons. The number of H-pyrrole nitrogens is 2. The summed E-state index contributed by atoms with van der Waals surface area (Å²) in [4.78, 5) is 63.1. The topological polar surface area (TPSA) is 313 Å². The van der Waals surface area contributed by atoms with E-state index in [2.05, 4.69) is 30.1 Å². The minimum Gasteiger partial charge on any atom is -0.493 e. The van der Waals surface area contributed by atoms with Gasteiger partial charge in [-0.3, -0.25) is 28.5 Å². The molecule has 0 amide bonds. The summed E-state index contributed by atoms with van der Waals surface area (Å²) in [6.45, 7) is 9.25. The summed E-state index contributed by atoms with van der Waals surface area (Å²) < 4.78 is 80.5. The zero-order valence-corrected chi connectivity index (χ0v) is 44.6. The van der Waals surface area contributed by atoms with Crippen molar-refractivity contribution in [1.82, 2.24) is 48.1 Å². The Morgan fingerprint density at radius 1 is 0.595 bits per heavy atom. The Hall–Kier alpha value is -6.58. The number of aliphatic hydroxyl groups is 2. The van der Waals surface area contributed by atoms with E-state index in [9.17, 15) is 46.2 Å². The number of aromatic amines is 2. The lowest BCUT2D eigenvalue weighted by Crippen LogP contribution is -2.37. The molecule has 0 spiro atoms. The summed E-state index contributed by atoms with van der Waals surface area (Å²) in [6.07, 6.45) is 4.29. The Morgan fingerprint density at radius 2 is 0.973 bits per heavy atom. The van der Waals surface area contributed by atoms with Crippen molar-refractivity contribution in [2.45, 2.75) is 89.9 Å². The van der Waals surface area contributed by atoms with Crippen LogP contribution in [0.5, 0.6) is 11.5 Å². The SMILES string of the molecule is CCCOc1ccc(S(=O)(=O)N(CCO)CCO)cc1-c1nc2c(CCC)nn(C)c2c(=O)[nH]1.CCCOc1ccc(S(=O)(=O)N(CCOC(C)=O)CCOC(C)=O)cc1-c1nc2c(CCC)nn(C)c2c(=O)[nH]1. The number of hydrogen-bond donors (Lipinski definition) is 4. The first-order valence-corrected chi connectivity index (χ1v) is 27.1. The molecule has 24 nitrogen and oxygen atoms in total. The monoisotopic (exact) mass is 1070 g/mol. The van der Waals surface area contributed by atoms with Gasteiger partial charge in [-0.2, -0.15) is 18.8 Å². The molecule has 0 aliphatic carbocycles. The molecule has 6 aromatic rings. The molecule has 0 bridgehead atoms. The molecular formula is C48H66N10O14S2. The first kappa shape index (κ1) is 58.3. The van der Waals surface area contributed by atoms with Gasteiger partial charge in [-0.05, 0) is 62.1 Å². The predicted octanol–water partition coefficient (Wildman–Crippen LogP) is 3.22. The number of aliphatic hydroxyl groups excluding tert-OH is 2. The van der Waals surface area contributed by atoms with E-state index in [0.717, 1.165) is 27.9 Å². The molecule has 0 aliphatic heterocycles. The van der Waals surface area contributed by atoms with Crippen molar-refractivity contribution in [3.8, 4) is 34.3 Å². The molecule has 6 rings (SSSR count). The highest BCUT2D eigenvalue weighted by Gasteiger charge is 2.29. The number of fused-ring (bicyclic) bond motifs is 2. The number of esters is 2. The summed E-state index contributed by atoms with van der Waals surface area (Å²) in [7, 11) is -4.86. The van der Waals surface area contributed by atoms with Gasteiger partial charge in [-0.15, -0.1) is 0 Å². The van der Waals surface area contributed by atoms with Crippen LogP contribution in [0.1, 0.15) is 78.6 Å². The Balaban J connectivity index is 0.000000278. The van der Waals surface area contributed by atoms with E-state index in [-0.39, 0.29) is 66.4 Å². The number of benzene rings is 2. The Kier molecular flexibility index (Phi) is 20.9. The highest BCUT2D eigenvalue weighted by atomic mass is 32.2. The first-order valence-electron chi connectivity index (χ1n) is 24.2. The number of carbonyl (C=O) groups excluding carboxylic acids is 2. The lowest BCUT2D eigenvalue weighted by molar-refractivity contribution is -0.141. The molecule has 0 aliphatic rings. The number of nitrogens with one attached hydrogen (secondary N) is 2. The largest absolute Gasteiger partial charge is 0.493 e. The molecule has 4 aromatic heterocycles. The molecular weight excluding hydrogens is 1000 g/mol. The second-order valence-electron chi connectivity index (χ2n) is 16.8. The van der Waals surface area contributed by atoms with E-state index in [1.54, 1.807) is 14.1 Å². The van der Waals surface area contributed by atoms with Crippen LogP contribution in [0.2, 0.25) is 0 Å². The van der Waals surface area contributed by atoms with Gasteiger partial charge >= 0.3 is 11.9 Å². The number of carbonyl (C=O) groups is 2. The van der Waals surface area contributed by atoms with Crippen molar-refractivity contribution < 1.29 is 55.6 Å². The van der Waals surface area contributed by atoms with E-state index in [0.29, 0.717) is 83.0 Å². The standard InChI is InChI=1S/C26H35N5O8S.C22H31N5O6S/c1-6-8-21-23-24(30(5)29-21)26(34)28-25(27-23)20-16-19(9-10-22(20)39-13-7-2)40(35,36)31(11-14-37-17(3)32)12-15-38-18(4)33;1-4-6-17-19-20(26(3)25-17)22(30)24-21(23-19)16-14-15(7-8-18(16)33-13-5-2)34(31,32)27(9-11-28)10-12-29/h9-10,16H,6-8,11-15H2,1-5H3,(H,27,28,34);7-8,14,28-29H,4-6,9-13H2,1-3H3,(H,23,24,30). The van der Waals surface area contributed by atoms with Gasteiger partial charge in [-0.25, -0.2) is 26.8 Å². The van der Waals surface area contributed by atoms with Crippen LogP contribution in [-0.4, -0.2) is 153 Å². The zero-order chi connectivity index (χ0) is 54.3. The van der Waals surface area contributed by atoms with Crippen molar-refractivity contribution in [1.29, 1.82) is 0 Å². The van der Waals surface area contributed by atoms with Crippen LogP contribution in [0, 0.1) is 0 Å². The van der Waals surface area contributed by atoms with Gasteiger partial charge in [0.05, 0.1) is 58.7 Å². The van der Waals surface area contributed by atoms with Gasteiger partial charge in [0, 0.05) is 54.1 Å². The summed E-state index contributed by atoms with van der Waals surface area (Å²) in [6, 6.07) is 8.59. The average molecular weight is 1070 g/mol. The number of sulfonamides is 2. The fraction of sp³-hybridized carbons (Fsp3) is 0.500. The second kappa shape index (κ2) is 26.6. The normalized spacial score (nSPS) is 11.8. The Morgan fingerprint density at radius 3 is 1.31 bits per heavy atom. The third kappa shape index (κ3) is 14.0. The average Bonchev–Trinajstić information content (AvgIpc) is 3.86. The predicted molar refractivity (Wildman–Crippen MR) is 274 cm³/mol. The van der Waals surface area contributed by atoms with Crippen molar-refractivity contribution in [2.24, 2.45) is 14.1 Å².